The molecule has 2 saturated heterocycles. The van der Waals surface area contributed by atoms with Gasteiger partial charge in [-0.25, -0.2) is 4.98 Å². The van der Waals surface area contributed by atoms with Crippen molar-refractivity contribution in [2.45, 2.75) is 46.3 Å². The van der Waals surface area contributed by atoms with Gasteiger partial charge in [0, 0.05) is 50.3 Å². The van der Waals surface area contributed by atoms with E-state index in [0.29, 0.717) is 5.78 Å². The fourth-order valence-corrected chi connectivity index (χ4v) is 5.18. The summed E-state index contributed by atoms with van der Waals surface area (Å²) in [6.45, 7) is 12.1. The van der Waals surface area contributed by atoms with E-state index in [4.69, 9.17) is 9.47 Å². The highest BCUT2D eigenvalue weighted by Crippen LogP contribution is 2.29. The summed E-state index contributed by atoms with van der Waals surface area (Å²) in [6.07, 6.45) is 1.82. The van der Waals surface area contributed by atoms with Crippen LogP contribution in [-0.4, -0.2) is 80.2 Å². The van der Waals surface area contributed by atoms with E-state index in [1.165, 1.54) is 5.69 Å². The molecule has 5 heterocycles. The molecule has 10 heteroatoms. The van der Waals surface area contributed by atoms with Crippen LogP contribution in [0.2, 0.25) is 0 Å². The minimum Gasteiger partial charge on any atom is -0.485 e. The smallest absolute Gasteiger partial charge is 0.253 e. The fourth-order valence-electron chi connectivity index (χ4n) is 5.18. The number of benzene rings is 1. The Balaban J connectivity index is 1.09. The van der Waals surface area contributed by atoms with E-state index in [-0.39, 0.29) is 6.10 Å². The number of aromatic nitrogens is 6. The predicted octanol–water partition coefficient (Wildman–Crippen LogP) is 3.25. The molecule has 2 aliphatic heterocycles. The van der Waals surface area contributed by atoms with Crippen molar-refractivity contribution in [3.8, 4) is 17.0 Å². The summed E-state index contributed by atoms with van der Waals surface area (Å²) >= 11 is 0. The van der Waals surface area contributed by atoms with Gasteiger partial charge in [0.2, 0.25) is 0 Å². The van der Waals surface area contributed by atoms with Crippen LogP contribution in [0.3, 0.4) is 0 Å². The fraction of sp³-hybridized carbons (Fsp3) is 0.464. The number of aryl methyl sites for hydroxylation is 3. The lowest BCUT2D eigenvalue weighted by Gasteiger charge is -2.25. The summed E-state index contributed by atoms with van der Waals surface area (Å²) < 4.78 is 13.7. The second-order valence-corrected chi connectivity index (χ2v) is 10.0. The second-order valence-electron chi connectivity index (χ2n) is 10.0. The van der Waals surface area contributed by atoms with E-state index in [2.05, 4.69) is 71.5 Å². The van der Waals surface area contributed by atoms with Gasteiger partial charge >= 0.3 is 0 Å². The number of nitrogens with zero attached hydrogens (tertiary/aromatic N) is 8. The SMILES string of the molecule is CCc1nc2nc(C)c(O[C@@H]3CCN(c4ccc(-c5ccc(CN6CCOCC6)nn5)cc4)C3)c(C)n2n1. The summed E-state index contributed by atoms with van der Waals surface area (Å²) in [6, 6.07) is 12.7. The number of anilines is 1. The van der Waals surface area contributed by atoms with Crippen LogP contribution in [-0.2, 0) is 17.7 Å². The molecule has 3 aromatic heterocycles. The van der Waals surface area contributed by atoms with E-state index in [1.807, 2.05) is 20.8 Å². The summed E-state index contributed by atoms with van der Waals surface area (Å²) in [5.74, 6) is 2.24. The van der Waals surface area contributed by atoms with Gasteiger partial charge in [-0.15, -0.1) is 5.10 Å². The minimum atomic E-state index is 0.0883. The van der Waals surface area contributed by atoms with Crippen LogP contribution in [0, 0.1) is 13.8 Å². The number of morpholine rings is 1. The maximum absolute atomic E-state index is 6.48. The lowest BCUT2D eigenvalue weighted by molar-refractivity contribution is 0.0335. The van der Waals surface area contributed by atoms with Crippen LogP contribution in [0.5, 0.6) is 5.75 Å². The molecule has 2 aliphatic rings. The Morgan fingerprint density at radius 3 is 2.53 bits per heavy atom. The number of rotatable bonds is 7. The zero-order chi connectivity index (χ0) is 26.1. The predicted molar refractivity (Wildman–Crippen MR) is 144 cm³/mol. The highest BCUT2D eigenvalue weighted by Gasteiger charge is 2.26. The van der Waals surface area contributed by atoms with Gasteiger partial charge in [0.1, 0.15) is 6.10 Å². The minimum absolute atomic E-state index is 0.0883. The van der Waals surface area contributed by atoms with Crippen LogP contribution in [0.1, 0.15) is 36.3 Å². The molecule has 1 atom stereocenters. The summed E-state index contributed by atoms with van der Waals surface area (Å²) in [5, 5.41) is 13.5. The van der Waals surface area contributed by atoms with Crippen molar-refractivity contribution in [3.63, 3.8) is 0 Å². The Labute approximate surface area is 222 Å². The Bertz CT molecular complexity index is 1400. The molecule has 4 aromatic rings. The third-order valence-corrected chi connectivity index (χ3v) is 7.36. The normalized spacial score (nSPS) is 18.4. The first-order valence-corrected chi connectivity index (χ1v) is 13.4. The van der Waals surface area contributed by atoms with Gasteiger partial charge in [0.05, 0.1) is 42.5 Å². The van der Waals surface area contributed by atoms with Crippen molar-refractivity contribution < 1.29 is 9.47 Å². The van der Waals surface area contributed by atoms with E-state index < -0.39 is 0 Å². The average molecular weight is 515 g/mol. The lowest BCUT2D eigenvalue weighted by Crippen LogP contribution is -2.35. The first-order chi connectivity index (χ1) is 18.6. The maximum atomic E-state index is 6.48. The van der Waals surface area contributed by atoms with Crippen LogP contribution < -0.4 is 9.64 Å². The first-order valence-electron chi connectivity index (χ1n) is 13.4. The molecule has 1 aromatic carbocycles. The molecule has 0 bridgehead atoms. The summed E-state index contributed by atoms with van der Waals surface area (Å²) in [4.78, 5) is 13.8. The van der Waals surface area contributed by atoms with Gasteiger partial charge in [-0.2, -0.15) is 19.7 Å². The van der Waals surface area contributed by atoms with Gasteiger partial charge in [0.15, 0.2) is 11.6 Å². The number of hydrogen-bond donors (Lipinski definition) is 0. The van der Waals surface area contributed by atoms with Crippen LogP contribution >= 0.6 is 0 Å². The molecule has 0 saturated carbocycles. The monoisotopic (exact) mass is 514 g/mol. The van der Waals surface area contributed by atoms with Gasteiger partial charge in [-0.05, 0) is 38.1 Å². The molecule has 0 radical (unpaired) electrons. The van der Waals surface area contributed by atoms with Gasteiger partial charge < -0.3 is 14.4 Å². The summed E-state index contributed by atoms with van der Waals surface area (Å²) in [7, 11) is 0. The lowest BCUT2D eigenvalue weighted by atomic mass is 10.1. The van der Waals surface area contributed by atoms with Gasteiger partial charge in [-0.1, -0.05) is 19.1 Å². The van der Waals surface area contributed by atoms with Crippen molar-refractivity contribution in [1.29, 1.82) is 0 Å². The molecule has 0 aliphatic carbocycles. The Morgan fingerprint density at radius 1 is 0.974 bits per heavy atom. The number of fused-ring (bicyclic) bond motifs is 1. The van der Waals surface area contributed by atoms with Crippen molar-refractivity contribution >= 4 is 11.5 Å². The third kappa shape index (κ3) is 5.06. The van der Waals surface area contributed by atoms with Crippen LogP contribution in [0.15, 0.2) is 36.4 Å². The molecular formula is C28H34N8O2. The molecule has 2 fully saturated rings. The van der Waals surface area contributed by atoms with Crippen molar-refractivity contribution in [2.24, 2.45) is 0 Å². The molecule has 0 unspecified atom stereocenters. The molecule has 38 heavy (non-hydrogen) atoms. The van der Waals surface area contributed by atoms with E-state index >= 15 is 0 Å². The Hall–Kier alpha value is -3.63. The summed E-state index contributed by atoms with van der Waals surface area (Å²) in [5.41, 5.74) is 5.92. The molecule has 0 spiro atoms. The van der Waals surface area contributed by atoms with Crippen LogP contribution in [0.25, 0.3) is 17.0 Å². The molecular weight excluding hydrogens is 480 g/mol. The van der Waals surface area contributed by atoms with Crippen molar-refractivity contribution in [3.05, 3.63) is 59.3 Å². The molecule has 0 N–H and O–H groups in total. The topological polar surface area (TPSA) is 93.8 Å². The molecule has 198 valence electrons. The Kier molecular flexibility index (Phi) is 6.90. The zero-order valence-electron chi connectivity index (χ0n) is 22.3. The highest BCUT2D eigenvalue weighted by molar-refractivity contribution is 5.63. The number of ether oxygens (including phenoxy) is 2. The molecule has 0 amide bonds. The zero-order valence-corrected chi connectivity index (χ0v) is 22.3. The average Bonchev–Trinajstić information content (AvgIpc) is 3.59. The highest BCUT2D eigenvalue weighted by atomic mass is 16.5. The van der Waals surface area contributed by atoms with E-state index in [1.54, 1.807) is 4.52 Å². The quantitative estimate of drug-likeness (QED) is 0.368. The maximum Gasteiger partial charge on any atom is 0.253 e. The second kappa shape index (κ2) is 10.6. The first kappa shape index (κ1) is 24.7. The van der Waals surface area contributed by atoms with Gasteiger partial charge in [0.25, 0.3) is 5.78 Å². The third-order valence-electron chi connectivity index (χ3n) is 7.36. The van der Waals surface area contributed by atoms with Crippen LogP contribution in [0.4, 0.5) is 5.69 Å². The number of hydrogen-bond acceptors (Lipinski definition) is 9. The largest absolute Gasteiger partial charge is 0.485 e. The van der Waals surface area contributed by atoms with Gasteiger partial charge in [-0.3, -0.25) is 4.90 Å². The molecule has 10 nitrogen and oxygen atoms in total. The Morgan fingerprint density at radius 2 is 1.79 bits per heavy atom. The molecule has 6 rings (SSSR count). The van der Waals surface area contributed by atoms with Crippen molar-refractivity contribution in [2.75, 3.05) is 44.3 Å². The van der Waals surface area contributed by atoms with E-state index in [0.717, 1.165) is 98.7 Å². The van der Waals surface area contributed by atoms with E-state index in [9.17, 15) is 0 Å². The van der Waals surface area contributed by atoms with Crippen molar-refractivity contribution in [1.82, 2.24) is 34.7 Å². The standard InChI is InChI=1S/C28H34N8O2/c1-4-26-30-28-29-19(2)27(20(3)36(28)33-26)38-24-11-12-35(18-24)23-8-5-21(6-9-23)25-10-7-22(31-32-25)17-34-13-15-37-16-14-34/h5-10,24H,4,11-18H2,1-3H3/t24-/m1/s1.